The lowest BCUT2D eigenvalue weighted by atomic mass is 10.2. The van der Waals surface area contributed by atoms with E-state index in [1.807, 2.05) is 0 Å². The van der Waals surface area contributed by atoms with Crippen LogP contribution in [0.3, 0.4) is 0 Å². The topological polar surface area (TPSA) is 64.4 Å². The summed E-state index contributed by atoms with van der Waals surface area (Å²) in [5.41, 5.74) is 6.35. The van der Waals surface area contributed by atoms with Crippen molar-refractivity contribution in [2.75, 3.05) is 7.11 Å². The lowest BCUT2D eigenvalue weighted by Gasteiger charge is -2.07. The van der Waals surface area contributed by atoms with Crippen molar-refractivity contribution >= 4 is 5.91 Å². The third-order valence-corrected chi connectivity index (χ3v) is 1.43. The molecule has 0 saturated heterocycles. The Morgan fingerprint density at radius 3 is 2.33 bits per heavy atom. The van der Waals surface area contributed by atoms with Gasteiger partial charge in [-0.05, 0) is 20.4 Å². The van der Waals surface area contributed by atoms with Gasteiger partial charge in [-0.3, -0.25) is 10.1 Å². The minimum Gasteiger partial charge on any atom is -0.483 e. The number of allylic oxidation sites excluding steroid dienone is 1. The van der Waals surface area contributed by atoms with E-state index in [4.69, 9.17) is 5.73 Å². The molecule has 0 bridgehead atoms. The molecule has 1 amide bonds. The predicted octanol–water partition coefficient (Wildman–Crippen LogP) is 0.473. The molecule has 4 heteroatoms. The zero-order chi connectivity index (χ0) is 9.72. The van der Waals surface area contributed by atoms with Gasteiger partial charge in [-0.2, -0.15) is 0 Å². The van der Waals surface area contributed by atoms with Crippen LogP contribution >= 0.6 is 0 Å². The highest BCUT2D eigenvalue weighted by Gasteiger charge is 2.06. The predicted molar refractivity (Wildman–Crippen MR) is 46.9 cm³/mol. The summed E-state index contributed by atoms with van der Waals surface area (Å²) in [4.78, 5) is 11.2. The van der Waals surface area contributed by atoms with Crippen LogP contribution in [0.15, 0.2) is 23.7 Å². The van der Waals surface area contributed by atoms with E-state index in [1.54, 1.807) is 13.8 Å². The molecule has 0 unspecified atom stereocenters. The highest BCUT2D eigenvalue weighted by Crippen LogP contribution is 1.97. The Kier molecular flexibility index (Phi) is 3.90. The normalized spacial score (nSPS) is 11.6. The molecule has 0 spiro atoms. The summed E-state index contributed by atoms with van der Waals surface area (Å²) in [5, 5.41) is 2.42. The second-order valence-electron chi connectivity index (χ2n) is 2.39. The summed E-state index contributed by atoms with van der Waals surface area (Å²) in [6.45, 7) is 6.73. The molecule has 0 aromatic heterocycles. The molecule has 12 heavy (non-hydrogen) atoms. The van der Waals surface area contributed by atoms with Gasteiger partial charge in [0.05, 0.1) is 7.11 Å². The monoisotopic (exact) mass is 170 g/mol. The van der Waals surface area contributed by atoms with Crippen LogP contribution < -0.4 is 11.1 Å². The van der Waals surface area contributed by atoms with Crippen LogP contribution in [0, 0.1) is 0 Å². The van der Waals surface area contributed by atoms with E-state index in [-0.39, 0.29) is 11.8 Å². The first-order valence-electron chi connectivity index (χ1n) is 3.46. The highest BCUT2D eigenvalue weighted by molar-refractivity contribution is 5.94. The van der Waals surface area contributed by atoms with Crippen LogP contribution in [0.25, 0.3) is 0 Å². The molecule has 0 saturated carbocycles. The standard InChI is InChI=1S/C8H14N2O2/c1-5(6(2)9)8(11)10-7(3)12-4/h3,9H2,1-2,4H3,(H,10,11)/b6-5-. The van der Waals surface area contributed by atoms with Crippen molar-refractivity contribution in [3.05, 3.63) is 23.7 Å². The first-order valence-corrected chi connectivity index (χ1v) is 3.46. The second-order valence-corrected chi connectivity index (χ2v) is 2.39. The van der Waals surface area contributed by atoms with Gasteiger partial charge in [-0.1, -0.05) is 0 Å². The van der Waals surface area contributed by atoms with Crippen molar-refractivity contribution in [3.63, 3.8) is 0 Å². The summed E-state index contributed by atoms with van der Waals surface area (Å²) in [6.07, 6.45) is 0. The Morgan fingerprint density at radius 2 is 2.00 bits per heavy atom. The van der Waals surface area contributed by atoms with Crippen molar-refractivity contribution in [2.45, 2.75) is 13.8 Å². The Bertz CT molecular complexity index is 227. The molecule has 0 aliphatic heterocycles. The summed E-state index contributed by atoms with van der Waals surface area (Å²) in [7, 11) is 1.43. The highest BCUT2D eigenvalue weighted by atomic mass is 16.5. The van der Waals surface area contributed by atoms with E-state index in [1.165, 1.54) is 7.11 Å². The molecular formula is C8H14N2O2. The van der Waals surface area contributed by atoms with Gasteiger partial charge in [0, 0.05) is 11.3 Å². The maximum absolute atomic E-state index is 11.2. The zero-order valence-electron chi connectivity index (χ0n) is 7.60. The van der Waals surface area contributed by atoms with Crippen molar-refractivity contribution in [3.8, 4) is 0 Å². The van der Waals surface area contributed by atoms with Crippen molar-refractivity contribution in [1.82, 2.24) is 5.32 Å². The number of methoxy groups -OCH3 is 1. The van der Waals surface area contributed by atoms with Gasteiger partial charge in [-0.25, -0.2) is 0 Å². The molecule has 0 aliphatic rings. The smallest absolute Gasteiger partial charge is 0.255 e. The number of ether oxygens (including phenoxy) is 1. The van der Waals surface area contributed by atoms with Crippen molar-refractivity contribution < 1.29 is 9.53 Å². The number of amides is 1. The molecule has 3 N–H and O–H groups in total. The first kappa shape index (κ1) is 10.6. The lowest BCUT2D eigenvalue weighted by molar-refractivity contribution is -0.117. The van der Waals surface area contributed by atoms with E-state index in [0.29, 0.717) is 11.3 Å². The van der Waals surface area contributed by atoms with Crippen LogP contribution in [0.5, 0.6) is 0 Å². The van der Waals surface area contributed by atoms with Gasteiger partial charge in [0.2, 0.25) is 0 Å². The molecule has 0 aromatic rings. The maximum Gasteiger partial charge on any atom is 0.255 e. The number of hydrogen-bond donors (Lipinski definition) is 2. The van der Waals surface area contributed by atoms with Gasteiger partial charge >= 0.3 is 0 Å². The fraction of sp³-hybridized carbons (Fsp3) is 0.375. The van der Waals surface area contributed by atoms with Gasteiger partial charge < -0.3 is 10.5 Å². The number of nitrogens with two attached hydrogens (primary N) is 1. The van der Waals surface area contributed by atoms with E-state index in [2.05, 4.69) is 16.6 Å². The molecule has 0 rings (SSSR count). The molecule has 0 atom stereocenters. The number of carbonyl (C=O) groups excluding carboxylic acids is 1. The first-order chi connectivity index (χ1) is 5.49. The summed E-state index contributed by atoms with van der Waals surface area (Å²) in [5.74, 6) is -0.0811. The Balaban J connectivity index is 4.25. The van der Waals surface area contributed by atoms with Gasteiger partial charge in [0.25, 0.3) is 5.91 Å². The Morgan fingerprint density at radius 1 is 1.50 bits per heavy atom. The fourth-order valence-corrected chi connectivity index (χ4v) is 0.450. The van der Waals surface area contributed by atoms with E-state index in [0.717, 1.165) is 0 Å². The minimum absolute atomic E-state index is 0.209. The van der Waals surface area contributed by atoms with E-state index < -0.39 is 0 Å². The molecule has 0 radical (unpaired) electrons. The van der Waals surface area contributed by atoms with Crippen LogP contribution in [-0.2, 0) is 9.53 Å². The number of carbonyl (C=O) groups is 1. The number of hydrogen-bond acceptors (Lipinski definition) is 3. The summed E-state index contributed by atoms with van der Waals surface area (Å²) >= 11 is 0. The third-order valence-electron chi connectivity index (χ3n) is 1.43. The quantitative estimate of drug-likeness (QED) is 0.478. The van der Waals surface area contributed by atoms with Crippen LogP contribution in [0.4, 0.5) is 0 Å². The average molecular weight is 170 g/mol. The largest absolute Gasteiger partial charge is 0.483 e. The Hall–Kier alpha value is -1.45. The molecule has 0 heterocycles. The third kappa shape index (κ3) is 3.09. The molecule has 4 nitrogen and oxygen atoms in total. The van der Waals surface area contributed by atoms with Crippen LogP contribution in [0.1, 0.15) is 13.8 Å². The molecule has 68 valence electrons. The summed E-state index contributed by atoms with van der Waals surface area (Å²) < 4.78 is 4.66. The lowest BCUT2D eigenvalue weighted by Crippen LogP contribution is -2.25. The molecular weight excluding hydrogens is 156 g/mol. The average Bonchev–Trinajstić information content (AvgIpc) is 2.02. The van der Waals surface area contributed by atoms with Gasteiger partial charge in [0.1, 0.15) is 0 Å². The summed E-state index contributed by atoms with van der Waals surface area (Å²) in [6, 6.07) is 0. The zero-order valence-corrected chi connectivity index (χ0v) is 7.60. The van der Waals surface area contributed by atoms with E-state index in [9.17, 15) is 4.79 Å². The SMILES string of the molecule is C=C(NC(=O)/C(C)=C(/C)N)OC. The number of nitrogens with one attached hydrogen (secondary N) is 1. The fourth-order valence-electron chi connectivity index (χ4n) is 0.450. The Labute approximate surface area is 72.1 Å². The van der Waals surface area contributed by atoms with E-state index >= 15 is 0 Å². The minimum atomic E-state index is -0.290. The molecule has 0 fully saturated rings. The molecule has 0 aromatic carbocycles. The number of rotatable bonds is 3. The van der Waals surface area contributed by atoms with Crippen molar-refractivity contribution in [1.29, 1.82) is 0 Å². The second kappa shape index (κ2) is 4.43. The van der Waals surface area contributed by atoms with Crippen molar-refractivity contribution in [2.24, 2.45) is 5.73 Å². The van der Waals surface area contributed by atoms with Crippen LogP contribution in [-0.4, -0.2) is 13.0 Å². The molecule has 0 aliphatic carbocycles. The van der Waals surface area contributed by atoms with Gasteiger partial charge in [-0.15, -0.1) is 0 Å². The maximum atomic E-state index is 11.2. The van der Waals surface area contributed by atoms with Gasteiger partial charge in [0.15, 0.2) is 5.88 Å². The van der Waals surface area contributed by atoms with Crippen LogP contribution in [0.2, 0.25) is 0 Å².